The lowest BCUT2D eigenvalue weighted by atomic mass is 9.95. The van der Waals surface area contributed by atoms with Crippen LogP contribution in [-0.2, 0) is 33.3 Å². The normalized spacial score (nSPS) is 43.0. The van der Waals surface area contributed by atoms with Crippen molar-refractivity contribution in [2.45, 2.75) is 68.3 Å². The molecule has 0 spiro atoms. The third kappa shape index (κ3) is 5.02. The van der Waals surface area contributed by atoms with Gasteiger partial charge in [0.1, 0.15) is 42.7 Å². The number of aliphatic hydroxyl groups excluding tert-OH is 4. The van der Waals surface area contributed by atoms with Gasteiger partial charge in [-0.25, -0.2) is 4.79 Å². The van der Waals surface area contributed by atoms with E-state index in [4.69, 9.17) is 23.7 Å². The summed E-state index contributed by atoms with van der Waals surface area (Å²) >= 11 is 0. The van der Waals surface area contributed by atoms with E-state index in [9.17, 15) is 35.1 Å². The van der Waals surface area contributed by atoms with Crippen LogP contribution in [0.2, 0.25) is 0 Å². The van der Waals surface area contributed by atoms with E-state index in [2.05, 4.69) is 5.32 Å². The Kier molecular flexibility index (Phi) is 8.28. The highest BCUT2D eigenvalue weighted by molar-refractivity contribution is 5.74. The van der Waals surface area contributed by atoms with Crippen LogP contribution in [0.15, 0.2) is 0 Å². The molecule has 168 valence electrons. The molecule has 0 aliphatic carbocycles. The van der Waals surface area contributed by atoms with Gasteiger partial charge in [-0.15, -0.1) is 0 Å². The molecule has 2 rings (SSSR count). The van der Waals surface area contributed by atoms with Gasteiger partial charge >= 0.3 is 5.97 Å². The maximum absolute atomic E-state index is 11.6. The molecule has 6 N–H and O–H groups in total. The second-order valence-corrected chi connectivity index (χ2v) is 6.72. The molecule has 2 saturated heterocycles. The number of carboxylic acid groups (broad SMARTS) is 1. The lowest BCUT2D eigenvalue weighted by Crippen LogP contribution is -2.68. The third-order valence-corrected chi connectivity index (χ3v) is 4.81. The van der Waals surface area contributed by atoms with E-state index in [0.29, 0.717) is 0 Å². The third-order valence-electron chi connectivity index (χ3n) is 4.81. The van der Waals surface area contributed by atoms with E-state index in [1.165, 1.54) is 14.0 Å². The molecule has 0 bridgehead atoms. The Morgan fingerprint density at radius 2 is 1.62 bits per heavy atom. The summed E-state index contributed by atoms with van der Waals surface area (Å²) in [7, 11) is 2.42. The number of carboxylic acids is 1. The minimum Gasteiger partial charge on any atom is -0.479 e. The molecule has 13 nitrogen and oxygen atoms in total. The van der Waals surface area contributed by atoms with Crippen LogP contribution in [-0.4, -0.2) is 120 Å². The fourth-order valence-corrected chi connectivity index (χ4v) is 3.39. The zero-order valence-electron chi connectivity index (χ0n) is 16.1. The molecular formula is C16H27NO12. The second-order valence-electron chi connectivity index (χ2n) is 6.72. The fraction of sp³-hybridized carbons (Fsp3) is 0.875. The van der Waals surface area contributed by atoms with Gasteiger partial charge < -0.3 is 54.5 Å². The fourth-order valence-electron chi connectivity index (χ4n) is 3.39. The van der Waals surface area contributed by atoms with E-state index in [1.807, 2.05) is 0 Å². The first-order valence-corrected chi connectivity index (χ1v) is 8.83. The predicted octanol–water partition coefficient (Wildman–Crippen LogP) is -3.85. The highest BCUT2D eigenvalue weighted by Crippen LogP contribution is 2.30. The summed E-state index contributed by atoms with van der Waals surface area (Å²) < 4.78 is 26.3. The minimum atomic E-state index is -1.75. The standard InChI is InChI=1S/C16H27NO12/c1-5(19)17-7-11(25-2)8(20)6(4-18)27-15(7)28-12-9(21)10(22)16(26-3)29-13(12)14(23)24/h6-13,15-16,18,20-22H,4H2,1-3H3,(H,17,19)(H,23,24)/t6?,7?,8-,9+,10?,11+,12+,13?,15+,16-/m1/s1. The molecule has 4 unspecified atom stereocenters. The number of nitrogens with one attached hydrogen (secondary N) is 1. The van der Waals surface area contributed by atoms with Gasteiger partial charge in [0.2, 0.25) is 5.91 Å². The number of aliphatic carboxylic acids is 1. The molecular weight excluding hydrogens is 398 g/mol. The van der Waals surface area contributed by atoms with E-state index >= 15 is 0 Å². The van der Waals surface area contributed by atoms with Crippen molar-refractivity contribution in [2.75, 3.05) is 20.8 Å². The zero-order chi connectivity index (χ0) is 21.9. The SMILES string of the molecule is CO[C@@H]1OC(C(=O)O)[C@@H](O[C@@H]2OC(CO)[C@@H](O)[C@@H](OC)C2NC(C)=O)[C@@H](O)C1O. The number of hydrogen-bond donors (Lipinski definition) is 6. The molecule has 2 fully saturated rings. The van der Waals surface area contributed by atoms with Crippen LogP contribution in [0.4, 0.5) is 0 Å². The summed E-state index contributed by atoms with van der Waals surface area (Å²) in [5, 5.41) is 52.1. The van der Waals surface area contributed by atoms with Crippen LogP contribution >= 0.6 is 0 Å². The van der Waals surface area contributed by atoms with Gasteiger partial charge in [-0.3, -0.25) is 4.79 Å². The Morgan fingerprint density at radius 3 is 2.10 bits per heavy atom. The number of hydrogen-bond acceptors (Lipinski definition) is 11. The second kappa shape index (κ2) is 10.1. The van der Waals surface area contributed by atoms with Gasteiger partial charge in [-0.05, 0) is 0 Å². The number of carbonyl (C=O) groups is 2. The maximum atomic E-state index is 11.6. The number of rotatable bonds is 7. The quantitative estimate of drug-likeness (QED) is 0.233. The Labute approximate surface area is 166 Å². The van der Waals surface area contributed by atoms with Crippen molar-refractivity contribution in [1.82, 2.24) is 5.32 Å². The molecule has 0 saturated carbocycles. The average Bonchev–Trinajstić information content (AvgIpc) is 2.67. The molecule has 2 aliphatic rings. The molecule has 2 heterocycles. The van der Waals surface area contributed by atoms with Gasteiger partial charge in [0.15, 0.2) is 18.7 Å². The van der Waals surface area contributed by atoms with Crippen molar-refractivity contribution in [1.29, 1.82) is 0 Å². The van der Waals surface area contributed by atoms with Crippen molar-refractivity contribution in [2.24, 2.45) is 0 Å². The first kappa shape index (κ1) is 23.9. The minimum absolute atomic E-state index is 0.529. The first-order valence-electron chi connectivity index (χ1n) is 8.83. The number of ether oxygens (including phenoxy) is 5. The van der Waals surface area contributed by atoms with E-state index < -0.39 is 79.8 Å². The maximum Gasteiger partial charge on any atom is 0.335 e. The Hall–Kier alpha value is -1.42. The van der Waals surface area contributed by atoms with Gasteiger partial charge in [-0.2, -0.15) is 0 Å². The smallest absolute Gasteiger partial charge is 0.335 e. The van der Waals surface area contributed by atoms with E-state index in [1.54, 1.807) is 0 Å². The van der Waals surface area contributed by atoms with E-state index in [0.717, 1.165) is 7.11 Å². The summed E-state index contributed by atoms with van der Waals surface area (Å²) in [5.74, 6) is -2.03. The Morgan fingerprint density at radius 1 is 0.966 bits per heavy atom. The van der Waals surface area contributed by atoms with Crippen molar-refractivity contribution in [3.63, 3.8) is 0 Å². The first-order chi connectivity index (χ1) is 13.7. The molecule has 10 atom stereocenters. The van der Waals surface area contributed by atoms with Crippen molar-refractivity contribution in [3.8, 4) is 0 Å². The zero-order valence-corrected chi connectivity index (χ0v) is 16.1. The average molecular weight is 425 g/mol. The monoisotopic (exact) mass is 425 g/mol. The molecule has 0 aromatic rings. The molecule has 13 heteroatoms. The number of methoxy groups -OCH3 is 2. The molecule has 29 heavy (non-hydrogen) atoms. The lowest BCUT2D eigenvalue weighted by Gasteiger charge is -2.47. The lowest BCUT2D eigenvalue weighted by molar-refractivity contribution is -0.339. The predicted molar refractivity (Wildman–Crippen MR) is 90.3 cm³/mol. The molecule has 0 aromatic heterocycles. The van der Waals surface area contributed by atoms with Crippen LogP contribution < -0.4 is 5.32 Å². The number of amides is 1. The van der Waals surface area contributed by atoms with Crippen molar-refractivity contribution >= 4 is 11.9 Å². The molecule has 2 aliphatic heterocycles. The Balaban J connectivity index is 2.32. The number of carbonyl (C=O) groups excluding carboxylic acids is 1. The van der Waals surface area contributed by atoms with Crippen LogP contribution in [0.3, 0.4) is 0 Å². The summed E-state index contributed by atoms with van der Waals surface area (Å²) in [4.78, 5) is 23.2. The Bertz CT molecular complexity index is 576. The van der Waals surface area contributed by atoms with Gasteiger partial charge in [0.25, 0.3) is 0 Å². The highest BCUT2D eigenvalue weighted by Gasteiger charge is 2.53. The number of aliphatic hydroxyl groups is 4. The molecule has 0 aromatic carbocycles. The van der Waals surface area contributed by atoms with Crippen molar-refractivity contribution in [3.05, 3.63) is 0 Å². The summed E-state index contributed by atoms with van der Waals surface area (Å²) in [6.07, 6.45) is -13.3. The van der Waals surface area contributed by atoms with Crippen LogP contribution in [0.1, 0.15) is 6.92 Å². The summed E-state index contributed by atoms with van der Waals surface area (Å²) in [6, 6.07) is -1.13. The van der Waals surface area contributed by atoms with Gasteiger partial charge in [0.05, 0.1) is 6.61 Å². The van der Waals surface area contributed by atoms with E-state index in [-0.39, 0.29) is 0 Å². The van der Waals surface area contributed by atoms with Gasteiger partial charge in [0, 0.05) is 21.1 Å². The summed E-state index contributed by atoms with van der Waals surface area (Å²) in [5.41, 5.74) is 0. The molecule has 1 amide bonds. The molecule has 0 radical (unpaired) electrons. The topological polar surface area (TPSA) is 193 Å². The highest BCUT2D eigenvalue weighted by atomic mass is 16.7. The van der Waals surface area contributed by atoms with Crippen LogP contribution in [0.25, 0.3) is 0 Å². The van der Waals surface area contributed by atoms with Crippen molar-refractivity contribution < 1.29 is 58.8 Å². The van der Waals surface area contributed by atoms with Gasteiger partial charge in [-0.1, -0.05) is 0 Å². The summed E-state index contributed by atoms with van der Waals surface area (Å²) in [6.45, 7) is 0.563. The van der Waals surface area contributed by atoms with Crippen LogP contribution in [0, 0.1) is 0 Å². The largest absolute Gasteiger partial charge is 0.479 e. The van der Waals surface area contributed by atoms with Crippen LogP contribution in [0.5, 0.6) is 0 Å².